The van der Waals surface area contributed by atoms with E-state index in [9.17, 15) is 14.7 Å². The molecule has 3 rings (SSSR count). The molecule has 230 valence electrons. The molecule has 3 fully saturated rings. The minimum atomic E-state index is -0.995. The Kier molecular flexibility index (Phi) is 14.1. The Morgan fingerprint density at radius 3 is 2.40 bits per heavy atom. The number of ether oxygens (including phenoxy) is 4. The van der Waals surface area contributed by atoms with Crippen molar-refractivity contribution in [1.29, 1.82) is 0 Å². The molecule has 8 nitrogen and oxygen atoms in total. The Morgan fingerprint density at radius 2 is 1.77 bits per heavy atom. The molecule has 1 aliphatic carbocycles. The third kappa shape index (κ3) is 10.8. The summed E-state index contributed by atoms with van der Waals surface area (Å²) >= 11 is 0. The van der Waals surface area contributed by atoms with E-state index in [2.05, 4.69) is 32.9 Å². The lowest BCUT2D eigenvalue weighted by atomic mass is 9.80. The summed E-state index contributed by atoms with van der Waals surface area (Å²) in [5.74, 6) is -1.04. The molecule has 0 spiro atoms. The van der Waals surface area contributed by atoms with Crippen molar-refractivity contribution in [3.63, 3.8) is 0 Å². The number of aliphatic hydroxyl groups is 1. The van der Waals surface area contributed by atoms with Crippen LogP contribution in [0.25, 0.3) is 0 Å². The van der Waals surface area contributed by atoms with Crippen LogP contribution in [0.5, 0.6) is 0 Å². The van der Waals surface area contributed by atoms with E-state index in [1.807, 2.05) is 0 Å². The van der Waals surface area contributed by atoms with Crippen LogP contribution in [-0.2, 0) is 28.5 Å². The quantitative estimate of drug-likeness (QED) is 0.158. The molecule has 0 amide bonds. The molecule has 8 heteroatoms. The van der Waals surface area contributed by atoms with Gasteiger partial charge in [-0.2, -0.15) is 0 Å². The summed E-state index contributed by atoms with van der Waals surface area (Å²) in [5, 5.41) is 18.8. The van der Waals surface area contributed by atoms with Crippen molar-refractivity contribution in [1.82, 2.24) is 0 Å². The first kappa shape index (κ1) is 33.2. The van der Waals surface area contributed by atoms with Crippen LogP contribution in [0.1, 0.15) is 117 Å². The zero-order chi connectivity index (χ0) is 29.0. The summed E-state index contributed by atoms with van der Waals surface area (Å²) in [6.45, 7) is 8.13. The minimum absolute atomic E-state index is 0.0812. The first-order valence-electron chi connectivity index (χ1n) is 15.8. The average Bonchev–Trinajstić information content (AvgIpc) is 3.21. The lowest BCUT2D eigenvalue weighted by molar-refractivity contribution is -0.198. The number of hydrogen-bond acceptors (Lipinski definition) is 7. The second-order valence-electron chi connectivity index (χ2n) is 12.7. The average molecular weight is 567 g/mol. The maximum atomic E-state index is 13.3. The molecule has 3 unspecified atom stereocenters. The molecule has 0 aromatic heterocycles. The van der Waals surface area contributed by atoms with Crippen LogP contribution in [0.4, 0.5) is 0 Å². The molecule has 2 N–H and O–H groups in total. The van der Waals surface area contributed by atoms with Crippen LogP contribution in [0.3, 0.4) is 0 Å². The molecule has 2 aliphatic heterocycles. The van der Waals surface area contributed by atoms with Gasteiger partial charge in [0, 0.05) is 31.5 Å². The van der Waals surface area contributed by atoms with Gasteiger partial charge in [0.25, 0.3) is 0 Å². The second-order valence-corrected chi connectivity index (χ2v) is 12.7. The van der Waals surface area contributed by atoms with E-state index in [1.165, 1.54) is 0 Å². The summed E-state index contributed by atoms with van der Waals surface area (Å²) in [5.41, 5.74) is -0.0887. The van der Waals surface area contributed by atoms with Crippen molar-refractivity contribution in [3.8, 4) is 0 Å². The number of aliphatic hydroxyl groups excluding tert-OH is 1. The summed E-state index contributed by atoms with van der Waals surface area (Å²) in [6, 6.07) is 0. The van der Waals surface area contributed by atoms with E-state index in [1.54, 1.807) is 0 Å². The fourth-order valence-corrected chi connectivity index (χ4v) is 6.25. The van der Waals surface area contributed by atoms with Crippen LogP contribution < -0.4 is 0 Å². The van der Waals surface area contributed by atoms with Crippen molar-refractivity contribution in [2.75, 3.05) is 13.2 Å². The number of carbonyl (C=O) groups is 2. The standard InChI is InChI=1S/C32H54O8/c1-4-5-18-32(2,3)28(40-31-15-9-11-20-38-31)17-16-25-24(13-7-6-12-23(33)21-29(35)36)26(34)22-27(25)39-30-14-8-10-19-37-30/h16-17,23-25,27-28,30-31,33H,4-15,18-22H2,1-3H3,(H,35,36)/b17-16+/t23?,24-,25-,27-,28-,30?,31?/m1/s1. The number of hydrogen-bond donors (Lipinski definition) is 2. The van der Waals surface area contributed by atoms with Gasteiger partial charge in [-0.1, -0.05) is 58.6 Å². The largest absolute Gasteiger partial charge is 0.481 e. The Hall–Kier alpha value is -1.32. The fraction of sp³-hybridized carbons (Fsp3) is 0.875. The number of carbonyl (C=O) groups excluding carboxylic acids is 1. The van der Waals surface area contributed by atoms with Gasteiger partial charge in [-0.25, -0.2) is 0 Å². The fourth-order valence-electron chi connectivity index (χ4n) is 6.25. The van der Waals surface area contributed by atoms with E-state index in [0.717, 1.165) is 70.8 Å². The summed E-state index contributed by atoms with van der Waals surface area (Å²) in [7, 11) is 0. The van der Waals surface area contributed by atoms with Crippen molar-refractivity contribution in [3.05, 3.63) is 12.2 Å². The van der Waals surface area contributed by atoms with Crippen LogP contribution in [-0.4, -0.2) is 66.1 Å². The molecular formula is C32H54O8. The van der Waals surface area contributed by atoms with Crippen molar-refractivity contribution >= 4 is 11.8 Å². The molecule has 2 heterocycles. The molecule has 0 bridgehead atoms. The normalized spacial score (nSPS) is 29.6. The van der Waals surface area contributed by atoms with Gasteiger partial charge in [-0.15, -0.1) is 0 Å². The number of rotatable bonds is 17. The Labute approximate surface area is 241 Å². The van der Waals surface area contributed by atoms with Crippen LogP contribution >= 0.6 is 0 Å². The second kappa shape index (κ2) is 17.0. The van der Waals surface area contributed by atoms with E-state index in [0.29, 0.717) is 32.3 Å². The smallest absolute Gasteiger partial charge is 0.305 e. The molecule has 0 radical (unpaired) electrons. The predicted octanol–water partition coefficient (Wildman–Crippen LogP) is 6.18. The molecule has 40 heavy (non-hydrogen) atoms. The zero-order valence-electron chi connectivity index (χ0n) is 25.1. The van der Waals surface area contributed by atoms with E-state index < -0.39 is 12.1 Å². The number of ketones is 1. The van der Waals surface area contributed by atoms with E-state index in [4.69, 9.17) is 24.1 Å². The van der Waals surface area contributed by atoms with Gasteiger partial charge in [0.1, 0.15) is 5.78 Å². The van der Waals surface area contributed by atoms with Gasteiger partial charge in [0.05, 0.1) is 24.7 Å². The van der Waals surface area contributed by atoms with Gasteiger partial charge < -0.3 is 29.2 Å². The summed E-state index contributed by atoms with van der Waals surface area (Å²) < 4.78 is 24.8. The van der Waals surface area contributed by atoms with Gasteiger partial charge in [0.15, 0.2) is 12.6 Å². The Bertz CT molecular complexity index is 784. The maximum Gasteiger partial charge on any atom is 0.305 e. The van der Waals surface area contributed by atoms with E-state index in [-0.39, 0.29) is 54.2 Å². The van der Waals surface area contributed by atoms with Gasteiger partial charge in [0.2, 0.25) is 0 Å². The Morgan fingerprint density at radius 1 is 1.07 bits per heavy atom. The van der Waals surface area contributed by atoms with Crippen LogP contribution in [0, 0.1) is 17.3 Å². The minimum Gasteiger partial charge on any atom is -0.481 e. The molecule has 0 aromatic carbocycles. The highest BCUT2D eigenvalue weighted by atomic mass is 16.7. The molecule has 2 saturated heterocycles. The number of carboxylic acid groups (broad SMARTS) is 1. The molecule has 3 aliphatic rings. The third-order valence-corrected chi connectivity index (χ3v) is 8.78. The van der Waals surface area contributed by atoms with E-state index >= 15 is 0 Å². The van der Waals surface area contributed by atoms with Gasteiger partial charge in [-0.3, -0.25) is 9.59 Å². The Balaban J connectivity index is 1.73. The highest BCUT2D eigenvalue weighted by Gasteiger charge is 2.43. The van der Waals surface area contributed by atoms with Crippen molar-refractivity contribution in [2.45, 2.75) is 148 Å². The highest BCUT2D eigenvalue weighted by Crippen LogP contribution is 2.39. The highest BCUT2D eigenvalue weighted by molar-refractivity contribution is 5.84. The maximum absolute atomic E-state index is 13.3. The lowest BCUT2D eigenvalue weighted by Gasteiger charge is -2.36. The number of Topliss-reactive ketones (excluding diaryl/α,β-unsaturated/α-hetero) is 1. The predicted molar refractivity (Wildman–Crippen MR) is 153 cm³/mol. The summed E-state index contributed by atoms with van der Waals surface area (Å²) in [6.07, 6.45) is 14.6. The number of carboxylic acids is 1. The van der Waals surface area contributed by atoms with Crippen molar-refractivity contribution < 1.29 is 38.7 Å². The topological polar surface area (TPSA) is 112 Å². The lowest BCUT2D eigenvalue weighted by Crippen LogP contribution is -2.37. The van der Waals surface area contributed by atoms with Gasteiger partial charge in [-0.05, 0) is 63.2 Å². The molecular weight excluding hydrogens is 512 g/mol. The summed E-state index contributed by atoms with van der Waals surface area (Å²) in [4.78, 5) is 24.1. The van der Waals surface area contributed by atoms with Crippen LogP contribution in [0.15, 0.2) is 12.2 Å². The monoisotopic (exact) mass is 566 g/mol. The third-order valence-electron chi connectivity index (χ3n) is 8.78. The van der Waals surface area contributed by atoms with Gasteiger partial charge >= 0.3 is 5.97 Å². The molecule has 0 aromatic rings. The SMILES string of the molecule is CCCCC(C)(C)[C@@H](/C=C/[C@H]1[C@H](OC2CCCCO2)CC(=O)[C@@H]1CCCCC(O)CC(=O)O)OC1CCCCO1. The van der Waals surface area contributed by atoms with Crippen LogP contribution in [0.2, 0.25) is 0 Å². The molecule has 1 saturated carbocycles. The zero-order valence-corrected chi connectivity index (χ0v) is 25.1. The first-order valence-corrected chi connectivity index (χ1v) is 15.8. The number of unbranched alkanes of at least 4 members (excludes halogenated alkanes) is 2. The molecule has 7 atom stereocenters. The number of aliphatic carboxylic acids is 1. The van der Waals surface area contributed by atoms with Crippen molar-refractivity contribution in [2.24, 2.45) is 17.3 Å². The first-order chi connectivity index (χ1) is 19.2.